The number of rotatable bonds is 2. The first-order valence-electron chi connectivity index (χ1n) is 19.9. The quantitative estimate of drug-likeness (QED) is 0.0988. The number of hydrogen-bond donors (Lipinski definition) is 0. The average molecular weight is 832 g/mol. The number of nitrogens with zero attached hydrogens (tertiary/aromatic N) is 5. The monoisotopic (exact) mass is 831 g/mol. The Bertz CT molecular complexity index is 2500. The molecule has 0 spiro atoms. The number of benzene rings is 6. The van der Waals surface area contributed by atoms with Crippen LogP contribution in [0.2, 0.25) is 0 Å². The van der Waals surface area contributed by atoms with Gasteiger partial charge in [0.15, 0.2) is 46.3 Å². The van der Waals surface area contributed by atoms with Crippen LogP contribution in [0.15, 0.2) is 127 Å². The number of halogens is 5. The van der Waals surface area contributed by atoms with Crippen molar-refractivity contribution in [2.75, 3.05) is 54.0 Å². The van der Waals surface area contributed by atoms with Gasteiger partial charge in [-0.05, 0) is 72.9 Å². The van der Waals surface area contributed by atoms with Gasteiger partial charge >= 0.3 is 12.1 Å². The van der Waals surface area contributed by atoms with Crippen LogP contribution in [0.25, 0.3) is 0 Å². The number of hydrogen-bond acceptors (Lipinski definition) is 5. The van der Waals surface area contributed by atoms with Gasteiger partial charge < -0.3 is 24.2 Å². The molecule has 2 saturated heterocycles. The van der Waals surface area contributed by atoms with E-state index in [9.17, 15) is 31.5 Å². The van der Waals surface area contributed by atoms with E-state index < -0.39 is 40.8 Å². The van der Waals surface area contributed by atoms with Gasteiger partial charge in [-0.25, -0.2) is 31.5 Å². The third-order valence-corrected chi connectivity index (χ3v) is 11.3. The minimum Gasteiger partial charge on any atom is -0.453 e. The van der Waals surface area contributed by atoms with Gasteiger partial charge in [-0.3, -0.25) is 9.80 Å². The van der Waals surface area contributed by atoms with Crippen LogP contribution in [0.5, 0.6) is 23.0 Å². The highest BCUT2D eigenvalue weighted by Gasteiger charge is 2.37. The third-order valence-electron chi connectivity index (χ3n) is 11.3. The Kier molecular flexibility index (Phi) is 10.7. The van der Waals surface area contributed by atoms with Gasteiger partial charge in [0.05, 0.1) is 22.7 Å². The molecule has 6 aromatic rings. The minimum absolute atomic E-state index is 0.0139. The number of anilines is 5. The maximum absolute atomic E-state index is 14.2. The fourth-order valence-electron chi connectivity index (χ4n) is 8.23. The van der Waals surface area contributed by atoms with Crippen LogP contribution in [-0.4, -0.2) is 61.1 Å². The molecule has 61 heavy (non-hydrogen) atoms. The zero-order chi connectivity index (χ0) is 42.2. The van der Waals surface area contributed by atoms with E-state index in [0.717, 1.165) is 42.2 Å². The molecule has 4 aliphatic heterocycles. The fourth-order valence-corrected chi connectivity index (χ4v) is 8.23. The van der Waals surface area contributed by atoms with E-state index in [-0.39, 0.29) is 32.2 Å². The summed E-state index contributed by atoms with van der Waals surface area (Å²) in [5, 5.41) is 0. The lowest BCUT2D eigenvalue weighted by Gasteiger charge is -2.40. The van der Waals surface area contributed by atoms with Crippen molar-refractivity contribution in [2.24, 2.45) is 0 Å². The molecule has 0 aliphatic carbocycles. The molecule has 0 N–H and O–H groups in total. The first kappa shape index (κ1) is 39.4. The highest BCUT2D eigenvalue weighted by molar-refractivity contribution is 6.04. The second-order valence-corrected chi connectivity index (χ2v) is 14.9. The van der Waals surface area contributed by atoms with Crippen LogP contribution in [-0.2, 0) is 0 Å². The number of urea groups is 2. The third kappa shape index (κ3) is 7.32. The number of piperidine rings is 1. The summed E-state index contributed by atoms with van der Waals surface area (Å²) >= 11 is 0. The second kappa shape index (κ2) is 16.5. The molecule has 0 atom stereocenters. The molecule has 0 saturated carbocycles. The van der Waals surface area contributed by atoms with Crippen molar-refractivity contribution in [3.8, 4) is 23.0 Å². The summed E-state index contributed by atoms with van der Waals surface area (Å²) in [6.45, 7) is 1.33. The molecule has 0 bridgehead atoms. The van der Waals surface area contributed by atoms with E-state index in [4.69, 9.17) is 9.47 Å². The standard InChI is InChI=1S/C24H22N2O2.C23H16F5N3O2/c27-24(25-16-14-19(15-17-25)18-8-2-1-3-9-18)26-20-10-4-6-12-22(20)28-23-13-7-5-11-21(23)26;24-17-18(25)20(27)22(21(28)19(17)26)29-9-11-30(12-10-29)23(32)31-13-5-1-3-7-15(13)33-16-8-4-2-6-14(16)31/h1-13,19H,14-17H2;1-8H,9-12H2. The van der Waals surface area contributed by atoms with Gasteiger partial charge in [-0.2, -0.15) is 0 Å². The smallest absolute Gasteiger partial charge is 0.329 e. The number of piperazine rings is 1. The summed E-state index contributed by atoms with van der Waals surface area (Å²) in [5.74, 6) is -7.03. The van der Waals surface area contributed by atoms with E-state index in [1.54, 1.807) is 53.4 Å². The topological polar surface area (TPSA) is 68.8 Å². The van der Waals surface area contributed by atoms with Gasteiger partial charge in [-0.15, -0.1) is 0 Å². The number of carbonyl (C=O) groups is 2. The van der Waals surface area contributed by atoms with Crippen LogP contribution in [0.1, 0.15) is 24.3 Å². The lowest BCUT2D eigenvalue weighted by atomic mass is 9.89. The average Bonchev–Trinajstić information content (AvgIpc) is 3.31. The Hall–Kier alpha value is -7.09. The number of para-hydroxylation sites is 8. The summed E-state index contributed by atoms with van der Waals surface area (Å²) < 4.78 is 80.9. The summed E-state index contributed by atoms with van der Waals surface area (Å²) in [7, 11) is 0. The maximum Gasteiger partial charge on any atom is 0.329 e. The molecule has 10 rings (SSSR count). The molecule has 4 aliphatic rings. The fraction of sp³-hybridized carbons (Fsp3) is 0.191. The van der Waals surface area contributed by atoms with E-state index in [2.05, 4.69) is 30.3 Å². The normalized spacial score (nSPS) is 15.6. The van der Waals surface area contributed by atoms with Gasteiger partial charge in [0, 0.05) is 39.3 Å². The van der Waals surface area contributed by atoms with Gasteiger partial charge in [0.2, 0.25) is 5.82 Å². The first-order chi connectivity index (χ1) is 29.7. The van der Waals surface area contributed by atoms with Crippen molar-refractivity contribution >= 4 is 40.5 Å². The molecule has 14 heteroatoms. The predicted molar refractivity (Wildman–Crippen MR) is 221 cm³/mol. The highest BCUT2D eigenvalue weighted by Crippen LogP contribution is 2.48. The van der Waals surface area contributed by atoms with Crippen LogP contribution in [0, 0.1) is 29.1 Å². The lowest BCUT2D eigenvalue weighted by Crippen LogP contribution is -2.52. The van der Waals surface area contributed by atoms with Crippen molar-refractivity contribution in [2.45, 2.75) is 18.8 Å². The van der Waals surface area contributed by atoms with Crippen molar-refractivity contribution in [1.82, 2.24) is 9.80 Å². The first-order valence-corrected chi connectivity index (χ1v) is 19.9. The molecule has 6 aromatic carbocycles. The van der Waals surface area contributed by atoms with Gasteiger partial charge in [0.1, 0.15) is 5.69 Å². The van der Waals surface area contributed by atoms with Gasteiger partial charge in [0.25, 0.3) is 0 Å². The van der Waals surface area contributed by atoms with Crippen molar-refractivity contribution < 1.29 is 41.0 Å². The zero-order valence-corrected chi connectivity index (χ0v) is 32.6. The van der Waals surface area contributed by atoms with E-state index >= 15 is 0 Å². The Labute approximate surface area is 348 Å². The Morgan fingerprint density at radius 2 is 0.770 bits per heavy atom. The van der Waals surface area contributed by atoms with Crippen molar-refractivity contribution in [3.05, 3.63) is 162 Å². The SMILES string of the molecule is O=C(N1CCC(c2ccccc2)CC1)N1c2ccccc2Oc2ccccc21.O=C(N1CCN(c2c(F)c(F)c(F)c(F)c2F)CC1)N1c2ccccc2Oc2ccccc21. The molecule has 9 nitrogen and oxygen atoms in total. The Morgan fingerprint density at radius 3 is 1.18 bits per heavy atom. The lowest BCUT2D eigenvalue weighted by molar-refractivity contribution is 0.189. The molecule has 4 heterocycles. The highest BCUT2D eigenvalue weighted by atomic mass is 19.2. The van der Waals surface area contributed by atoms with Crippen molar-refractivity contribution in [1.29, 1.82) is 0 Å². The van der Waals surface area contributed by atoms with E-state index in [0.29, 0.717) is 40.3 Å². The predicted octanol–water partition coefficient (Wildman–Crippen LogP) is 11.5. The summed E-state index contributed by atoms with van der Waals surface area (Å²) in [4.78, 5) is 34.8. The van der Waals surface area contributed by atoms with Gasteiger partial charge in [-0.1, -0.05) is 78.9 Å². The summed E-state index contributed by atoms with van der Waals surface area (Å²) in [5.41, 5.74) is 3.05. The summed E-state index contributed by atoms with van der Waals surface area (Å²) in [6, 6.07) is 39.7. The second-order valence-electron chi connectivity index (χ2n) is 14.9. The van der Waals surface area contributed by atoms with E-state index in [1.807, 2.05) is 53.4 Å². The number of fused-ring (bicyclic) bond motifs is 4. The summed E-state index contributed by atoms with van der Waals surface area (Å²) in [6.07, 6.45) is 1.98. The van der Waals surface area contributed by atoms with Crippen LogP contribution in [0.4, 0.5) is 60.0 Å². The Morgan fingerprint density at radius 1 is 0.426 bits per heavy atom. The molecule has 2 fully saturated rings. The van der Waals surface area contributed by atoms with Crippen molar-refractivity contribution in [3.63, 3.8) is 0 Å². The Balaban J connectivity index is 0.000000158. The van der Waals surface area contributed by atoms with Crippen LogP contribution < -0.4 is 24.2 Å². The van der Waals surface area contributed by atoms with Crippen LogP contribution >= 0.6 is 0 Å². The molecule has 0 aromatic heterocycles. The maximum atomic E-state index is 14.2. The zero-order valence-electron chi connectivity index (χ0n) is 32.6. The molecule has 0 unspecified atom stereocenters. The molecular formula is C47H38F5N5O4. The number of carbonyl (C=O) groups excluding carboxylic acids is 2. The largest absolute Gasteiger partial charge is 0.453 e. The molecule has 310 valence electrons. The molecule has 4 amide bonds. The molecule has 0 radical (unpaired) electrons. The number of amides is 4. The minimum atomic E-state index is -2.20. The van der Waals surface area contributed by atoms with E-state index in [1.165, 1.54) is 15.4 Å². The number of ether oxygens (including phenoxy) is 2. The van der Waals surface area contributed by atoms with Crippen LogP contribution in [0.3, 0.4) is 0 Å². The molecular weight excluding hydrogens is 794 g/mol. The number of likely N-dealkylation sites (tertiary alicyclic amines) is 1.